The first-order valence-electron chi connectivity index (χ1n) is 10.3. The summed E-state index contributed by atoms with van der Waals surface area (Å²) in [5, 5.41) is 2.56. The molecule has 0 spiro atoms. The van der Waals surface area contributed by atoms with Crippen molar-refractivity contribution in [3.05, 3.63) is 59.7 Å². The van der Waals surface area contributed by atoms with Crippen LogP contribution in [-0.2, 0) is 26.4 Å². The quantitative estimate of drug-likeness (QED) is 0.563. The lowest BCUT2D eigenvalue weighted by atomic mass is 9.87. The Kier molecular flexibility index (Phi) is 8.05. The van der Waals surface area contributed by atoms with Crippen molar-refractivity contribution in [3.63, 3.8) is 0 Å². The third-order valence-electron chi connectivity index (χ3n) is 4.91. The van der Waals surface area contributed by atoms with E-state index in [4.69, 9.17) is 4.74 Å². The molecule has 182 valence electrons. The minimum absolute atomic E-state index is 0.00769. The number of benzene rings is 2. The molecular formula is C23H29F3N2O4S. The van der Waals surface area contributed by atoms with Crippen molar-refractivity contribution in [3.8, 4) is 5.75 Å². The van der Waals surface area contributed by atoms with Crippen LogP contribution in [0.3, 0.4) is 0 Å². The van der Waals surface area contributed by atoms with E-state index >= 15 is 0 Å². The Labute approximate surface area is 192 Å². The molecule has 2 aromatic carbocycles. The first kappa shape index (κ1) is 26.5. The number of halogens is 3. The first-order chi connectivity index (χ1) is 15.1. The average molecular weight is 487 g/mol. The van der Waals surface area contributed by atoms with Crippen LogP contribution >= 0.6 is 0 Å². The van der Waals surface area contributed by atoms with Gasteiger partial charge in [-0.2, -0.15) is 13.2 Å². The van der Waals surface area contributed by atoms with Gasteiger partial charge in [0.05, 0.1) is 24.1 Å². The van der Waals surface area contributed by atoms with Gasteiger partial charge in [0.1, 0.15) is 18.4 Å². The number of hydrogen-bond donors (Lipinski definition) is 1. The SMILES string of the molecule is C[C@@H](C(=O)NCCOc1ccc(C(C)(C)C)cc1)N(c1cccc(C(F)(F)F)c1)S(C)(=O)=O. The van der Waals surface area contributed by atoms with Crippen LogP contribution in [-0.4, -0.2) is 39.8 Å². The number of carbonyl (C=O) groups excluding carboxylic acids is 1. The fourth-order valence-electron chi connectivity index (χ4n) is 3.17. The lowest BCUT2D eigenvalue weighted by Crippen LogP contribution is -2.48. The predicted molar refractivity (Wildman–Crippen MR) is 122 cm³/mol. The Morgan fingerprint density at radius 2 is 1.67 bits per heavy atom. The van der Waals surface area contributed by atoms with Crippen LogP contribution in [0.2, 0.25) is 0 Å². The number of rotatable bonds is 8. The Morgan fingerprint density at radius 3 is 2.18 bits per heavy atom. The maximum absolute atomic E-state index is 13.1. The Morgan fingerprint density at radius 1 is 1.06 bits per heavy atom. The summed E-state index contributed by atoms with van der Waals surface area (Å²) in [6, 6.07) is 10.1. The van der Waals surface area contributed by atoms with E-state index in [1.165, 1.54) is 13.0 Å². The number of hydrogen-bond acceptors (Lipinski definition) is 4. The van der Waals surface area contributed by atoms with Crippen molar-refractivity contribution in [1.82, 2.24) is 5.32 Å². The number of sulfonamides is 1. The van der Waals surface area contributed by atoms with Crippen molar-refractivity contribution in [2.45, 2.75) is 45.3 Å². The van der Waals surface area contributed by atoms with Gasteiger partial charge in [-0.15, -0.1) is 0 Å². The van der Waals surface area contributed by atoms with E-state index in [0.717, 1.165) is 24.0 Å². The average Bonchev–Trinajstić information content (AvgIpc) is 2.69. The summed E-state index contributed by atoms with van der Waals surface area (Å²) in [4.78, 5) is 12.6. The summed E-state index contributed by atoms with van der Waals surface area (Å²) in [6.07, 6.45) is -3.81. The Balaban J connectivity index is 2.02. The number of alkyl halides is 3. The van der Waals surface area contributed by atoms with Crippen LogP contribution in [0, 0.1) is 0 Å². The van der Waals surface area contributed by atoms with Gasteiger partial charge >= 0.3 is 6.18 Å². The lowest BCUT2D eigenvalue weighted by Gasteiger charge is -2.28. The van der Waals surface area contributed by atoms with Crippen LogP contribution < -0.4 is 14.4 Å². The van der Waals surface area contributed by atoms with Crippen molar-refractivity contribution in [1.29, 1.82) is 0 Å². The lowest BCUT2D eigenvalue weighted by molar-refractivity contribution is -0.137. The van der Waals surface area contributed by atoms with Gasteiger partial charge in [-0.1, -0.05) is 39.0 Å². The van der Waals surface area contributed by atoms with Crippen LogP contribution in [0.4, 0.5) is 18.9 Å². The standard InChI is InChI=1S/C23H29F3N2O4S/c1-16(28(33(5,30)31)19-8-6-7-18(15-19)23(24,25)26)21(29)27-13-14-32-20-11-9-17(10-12-20)22(2,3)4/h6-12,15-16H,13-14H2,1-5H3,(H,27,29)/t16-/m0/s1. The van der Waals surface area contributed by atoms with Gasteiger partial charge in [0.25, 0.3) is 0 Å². The number of nitrogens with zero attached hydrogens (tertiary/aromatic N) is 1. The van der Waals surface area contributed by atoms with Gasteiger partial charge in [0.15, 0.2) is 0 Å². The molecule has 0 bridgehead atoms. The molecule has 33 heavy (non-hydrogen) atoms. The van der Waals surface area contributed by atoms with E-state index in [1.807, 2.05) is 24.3 Å². The highest BCUT2D eigenvalue weighted by Crippen LogP contribution is 2.32. The molecule has 1 N–H and O–H groups in total. The maximum atomic E-state index is 13.1. The zero-order chi connectivity index (χ0) is 25.0. The summed E-state index contributed by atoms with van der Waals surface area (Å²) < 4.78 is 70.0. The largest absolute Gasteiger partial charge is 0.492 e. The van der Waals surface area contributed by atoms with Crippen LogP contribution in [0.15, 0.2) is 48.5 Å². The minimum atomic E-state index is -4.65. The molecule has 10 heteroatoms. The molecule has 1 amide bonds. The molecule has 2 aromatic rings. The zero-order valence-corrected chi connectivity index (χ0v) is 20.0. The van der Waals surface area contributed by atoms with Crippen molar-refractivity contribution >= 4 is 21.6 Å². The fourth-order valence-corrected chi connectivity index (χ4v) is 4.34. The molecule has 0 heterocycles. The number of ether oxygens (including phenoxy) is 1. The van der Waals surface area contributed by atoms with Gasteiger partial charge < -0.3 is 10.1 Å². The van der Waals surface area contributed by atoms with Crippen LogP contribution in [0.1, 0.15) is 38.8 Å². The summed E-state index contributed by atoms with van der Waals surface area (Å²) in [6.45, 7) is 7.82. The van der Waals surface area contributed by atoms with E-state index in [0.29, 0.717) is 16.1 Å². The fraction of sp³-hybridized carbons (Fsp3) is 0.435. The molecular weight excluding hydrogens is 457 g/mol. The second-order valence-electron chi connectivity index (χ2n) is 8.70. The van der Waals surface area contributed by atoms with E-state index in [1.54, 1.807) is 0 Å². The van der Waals surface area contributed by atoms with Gasteiger partial charge in [-0.05, 0) is 48.2 Å². The minimum Gasteiger partial charge on any atom is -0.492 e. The van der Waals surface area contributed by atoms with Gasteiger partial charge in [-0.3, -0.25) is 9.10 Å². The molecule has 0 radical (unpaired) electrons. The van der Waals surface area contributed by atoms with Crippen molar-refractivity contribution in [2.75, 3.05) is 23.7 Å². The highest BCUT2D eigenvalue weighted by Gasteiger charge is 2.34. The molecule has 0 saturated carbocycles. The topological polar surface area (TPSA) is 75.7 Å². The Bertz CT molecular complexity index is 1060. The van der Waals surface area contributed by atoms with Crippen LogP contribution in [0.25, 0.3) is 0 Å². The molecule has 0 aliphatic carbocycles. The summed E-state index contributed by atoms with van der Waals surface area (Å²) in [7, 11) is -4.04. The smallest absolute Gasteiger partial charge is 0.416 e. The molecule has 0 fully saturated rings. The molecule has 0 saturated heterocycles. The highest BCUT2D eigenvalue weighted by atomic mass is 32.2. The van der Waals surface area contributed by atoms with E-state index in [9.17, 15) is 26.4 Å². The predicted octanol–water partition coefficient (Wildman–Crippen LogP) is 4.35. The van der Waals surface area contributed by atoms with Crippen molar-refractivity contribution in [2.24, 2.45) is 0 Å². The molecule has 0 aliphatic rings. The third-order valence-corrected chi connectivity index (χ3v) is 6.15. The molecule has 2 rings (SSSR count). The summed E-state index contributed by atoms with van der Waals surface area (Å²) >= 11 is 0. The third kappa shape index (κ3) is 7.38. The van der Waals surface area contributed by atoms with Crippen molar-refractivity contribution < 1.29 is 31.1 Å². The molecule has 6 nitrogen and oxygen atoms in total. The number of carbonyl (C=O) groups is 1. The second-order valence-corrected chi connectivity index (χ2v) is 10.6. The van der Waals surface area contributed by atoms with Gasteiger partial charge in [0.2, 0.25) is 15.9 Å². The monoisotopic (exact) mass is 486 g/mol. The summed E-state index contributed by atoms with van der Waals surface area (Å²) in [5.41, 5.74) is -0.0990. The van der Waals surface area contributed by atoms with Crippen LogP contribution in [0.5, 0.6) is 5.75 Å². The number of nitrogens with one attached hydrogen (secondary N) is 1. The number of anilines is 1. The molecule has 0 aromatic heterocycles. The highest BCUT2D eigenvalue weighted by molar-refractivity contribution is 7.92. The zero-order valence-electron chi connectivity index (χ0n) is 19.2. The maximum Gasteiger partial charge on any atom is 0.416 e. The molecule has 1 atom stereocenters. The van der Waals surface area contributed by atoms with Gasteiger partial charge in [0, 0.05) is 0 Å². The molecule has 0 unspecified atom stereocenters. The van der Waals surface area contributed by atoms with E-state index in [-0.39, 0.29) is 24.3 Å². The normalized spacial score (nSPS) is 13.3. The second kappa shape index (κ2) is 10.0. The van der Waals surface area contributed by atoms with E-state index < -0.39 is 33.7 Å². The Hall–Kier alpha value is -2.75. The molecule has 0 aliphatic heterocycles. The van der Waals surface area contributed by atoms with Gasteiger partial charge in [-0.25, -0.2) is 8.42 Å². The number of amides is 1. The van der Waals surface area contributed by atoms with E-state index in [2.05, 4.69) is 26.1 Å². The summed E-state index contributed by atoms with van der Waals surface area (Å²) in [5.74, 6) is -0.0449. The first-order valence-corrected chi connectivity index (χ1v) is 12.1.